The number of hydrazone groups is 1. The number of nitrogens with zero attached hydrogens (tertiary/aromatic N) is 1. The van der Waals surface area contributed by atoms with Crippen LogP contribution in [0.1, 0.15) is 28.4 Å². The molecule has 0 saturated carbocycles. The first-order chi connectivity index (χ1) is 14.1. The Kier molecular flexibility index (Phi) is 7.03. The molecule has 5 nitrogen and oxygen atoms in total. The zero-order valence-corrected chi connectivity index (χ0v) is 17.8. The van der Waals surface area contributed by atoms with E-state index in [1.165, 1.54) is 0 Å². The second-order valence-corrected chi connectivity index (χ2v) is 7.19. The van der Waals surface area contributed by atoms with Crippen molar-refractivity contribution in [3.05, 3.63) is 94.0 Å². The van der Waals surface area contributed by atoms with E-state index >= 15 is 0 Å². The quantitative estimate of drug-likeness (QED) is 0.396. The fraction of sp³-hybridized carbons (Fsp3) is 0.130. The Hall–Kier alpha value is -3.12. The smallest absolute Gasteiger partial charge is 0.275 e. The van der Waals surface area contributed by atoms with Crippen LogP contribution >= 0.6 is 15.9 Å². The average molecular weight is 453 g/mol. The lowest BCUT2D eigenvalue weighted by Gasteiger charge is -2.11. The first-order valence-electron chi connectivity index (χ1n) is 9.02. The van der Waals surface area contributed by atoms with Crippen molar-refractivity contribution in [3.8, 4) is 11.5 Å². The molecule has 0 aliphatic heterocycles. The Morgan fingerprint density at radius 2 is 1.69 bits per heavy atom. The van der Waals surface area contributed by atoms with Gasteiger partial charge < -0.3 is 9.47 Å². The molecule has 3 aromatic rings. The summed E-state index contributed by atoms with van der Waals surface area (Å²) in [6.45, 7) is 2.20. The number of amides is 1. The molecule has 6 heteroatoms. The van der Waals surface area contributed by atoms with Gasteiger partial charge in [-0.1, -0.05) is 40.2 Å². The molecule has 0 fully saturated rings. The zero-order chi connectivity index (χ0) is 20.6. The van der Waals surface area contributed by atoms with Crippen molar-refractivity contribution in [2.75, 3.05) is 7.11 Å². The summed E-state index contributed by atoms with van der Waals surface area (Å²) in [5.74, 6) is 0.942. The molecule has 3 rings (SSSR count). The molecule has 1 N–H and O–H groups in total. The highest BCUT2D eigenvalue weighted by molar-refractivity contribution is 9.10. The van der Waals surface area contributed by atoms with E-state index in [1.54, 1.807) is 25.3 Å². The van der Waals surface area contributed by atoms with Crippen LogP contribution in [-0.2, 0) is 6.61 Å². The summed E-state index contributed by atoms with van der Waals surface area (Å²) in [6.07, 6.45) is 0. The van der Waals surface area contributed by atoms with Crippen molar-refractivity contribution in [2.24, 2.45) is 5.10 Å². The predicted molar refractivity (Wildman–Crippen MR) is 118 cm³/mol. The van der Waals surface area contributed by atoms with Crippen molar-refractivity contribution in [1.82, 2.24) is 5.43 Å². The Morgan fingerprint density at radius 3 is 2.38 bits per heavy atom. The molecule has 3 aromatic carbocycles. The van der Waals surface area contributed by atoms with Gasteiger partial charge in [-0.3, -0.25) is 4.79 Å². The summed E-state index contributed by atoms with van der Waals surface area (Å²) >= 11 is 3.41. The SMILES string of the molecule is COc1ccc(C(C)=NNC(=O)c2ccccc2OCc2ccc(Br)cc2)cc1. The van der Waals surface area contributed by atoms with E-state index in [-0.39, 0.29) is 5.91 Å². The van der Waals surface area contributed by atoms with Gasteiger partial charge in [-0.25, -0.2) is 5.43 Å². The highest BCUT2D eigenvalue weighted by Gasteiger charge is 2.12. The van der Waals surface area contributed by atoms with E-state index in [4.69, 9.17) is 9.47 Å². The summed E-state index contributed by atoms with van der Waals surface area (Å²) in [5, 5.41) is 4.21. The Morgan fingerprint density at radius 1 is 1.00 bits per heavy atom. The van der Waals surface area contributed by atoms with Crippen LogP contribution in [0.25, 0.3) is 0 Å². The molecular formula is C23H21BrN2O3. The largest absolute Gasteiger partial charge is 0.497 e. The maximum absolute atomic E-state index is 12.6. The van der Waals surface area contributed by atoms with E-state index in [0.29, 0.717) is 23.6 Å². The molecule has 0 saturated heterocycles. The monoisotopic (exact) mass is 452 g/mol. The third-order valence-corrected chi connectivity index (χ3v) is 4.80. The van der Waals surface area contributed by atoms with Crippen LogP contribution in [0.5, 0.6) is 11.5 Å². The van der Waals surface area contributed by atoms with Gasteiger partial charge in [0.2, 0.25) is 0 Å². The molecule has 0 aliphatic carbocycles. The second-order valence-electron chi connectivity index (χ2n) is 6.28. The van der Waals surface area contributed by atoms with Crippen molar-refractivity contribution >= 4 is 27.5 Å². The third-order valence-electron chi connectivity index (χ3n) is 4.27. The standard InChI is InChI=1S/C23H21BrN2O3/c1-16(18-9-13-20(28-2)14-10-18)25-26-23(27)21-5-3-4-6-22(21)29-15-17-7-11-19(24)12-8-17/h3-14H,15H2,1-2H3,(H,26,27). The van der Waals surface area contributed by atoms with Crippen LogP contribution in [-0.4, -0.2) is 18.7 Å². The molecule has 0 radical (unpaired) electrons. The second kappa shape index (κ2) is 9.89. The topological polar surface area (TPSA) is 59.9 Å². The molecule has 29 heavy (non-hydrogen) atoms. The van der Waals surface area contributed by atoms with E-state index in [1.807, 2.05) is 61.5 Å². The molecule has 1 amide bonds. The minimum absolute atomic E-state index is 0.329. The van der Waals surface area contributed by atoms with Gasteiger partial charge in [-0.15, -0.1) is 0 Å². The number of halogens is 1. The maximum Gasteiger partial charge on any atom is 0.275 e. The van der Waals surface area contributed by atoms with E-state index < -0.39 is 0 Å². The number of rotatable bonds is 7. The normalized spacial score (nSPS) is 11.1. The predicted octanol–water partition coefficient (Wildman–Crippen LogP) is 5.19. The van der Waals surface area contributed by atoms with Crippen molar-refractivity contribution in [3.63, 3.8) is 0 Å². The van der Waals surface area contributed by atoms with E-state index in [9.17, 15) is 4.79 Å². The van der Waals surface area contributed by atoms with Crippen LogP contribution in [0, 0.1) is 0 Å². The van der Waals surface area contributed by atoms with Crippen molar-refractivity contribution < 1.29 is 14.3 Å². The fourth-order valence-electron chi connectivity index (χ4n) is 2.61. The first-order valence-corrected chi connectivity index (χ1v) is 9.81. The number of ether oxygens (including phenoxy) is 2. The minimum atomic E-state index is -0.329. The lowest BCUT2D eigenvalue weighted by Crippen LogP contribution is -2.20. The van der Waals surface area contributed by atoms with Crippen LogP contribution < -0.4 is 14.9 Å². The molecule has 0 spiro atoms. The molecule has 0 unspecified atom stereocenters. The first kappa shape index (κ1) is 20.6. The molecule has 0 bridgehead atoms. The molecular weight excluding hydrogens is 432 g/mol. The average Bonchev–Trinajstić information content (AvgIpc) is 2.77. The van der Waals surface area contributed by atoms with Crippen molar-refractivity contribution in [1.29, 1.82) is 0 Å². The summed E-state index contributed by atoms with van der Waals surface area (Å²) in [4.78, 5) is 12.6. The number of carbonyl (C=O) groups is 1. The van der Waals surface area contributed by atoms with Gasteiger partial charge in [0.15, 0.2) is 0 Å². The summed E-state index contributed by atoms with van der Waals surface area (Å²) in [5.41, 5.74) is 5.62. The highest BCUT2D eigenvalue weighted by Crippen LogP contribution is 2.20. The minimum Gasteiger partial charge on any atom is -0.497 e. The number of benzene rings is 3. The van der Waals surface area contributed by atoms with E-state index in [0.717, 1.165) is 21.3 Å². The van der Waals surface area contributed by atoms with Gasteiger partial charge in [0.25, 0.3) is 5.91 Å². The van der Waals surface area contributed by atoms with Crippen LogP contribution in [0.15, 0.2) is 82.4 Å². The molecule has 0 heterocycles. The van der Waals surface area contributed by atoms with Gasteiger partial charge in [0.1, 0.15) is 18.1 Å². The maximum atomic E-state index is 12.6. The number of hydrogen-bond acceptors (Lipinski definition) is 4. The molecule has 0 aromatic heterocycles. The van der Waals surface area contributed by atoms with Crippen LogP contribution in [0.4, 0.5) is 0 Å². The summed E-state index contributed by atoms with van der Waals surface area (Å²) in [7, 11) is 1.62. The lowest BCUT2D eigenvalue weighted by molar-refractivity contribution is 0.0950. The highest BCUT2D eigenvalue weighted by atomic mass is 79.9. The Labute approximate surface area is 178 Å². The van der Waals surface area contributed by atoms with Gasteiger partial charge in [0.05, 0.1) is 18.4 Å². The molecule has 0 aliphatic rings. The Bertz CT molecular complexity index is 999. The fourth-order valence-corrected chi connectivity index (χ4v) is 2.88. The number of para-hydroxylation sites is 1. The summed E-state index contributed by atoms with van der Waals surface area (Å²) < 4.78 is 12.0. The van der Waals surface area contributed by atoms with Crippen molar-refractivity contribution in [2.45, 2.75) is 13.5 Å². The lowest BCUT2D eigenvalue weighted by atomic mass is 10.1. The van der Waals surface area contributed by atoms with Crippen LogP contribution in [0.3, 0.4) is 0 Å². The van der Waals surface area contributed by atoms with Crippen LogP contribution in [0.2, 0.25) is 0 Å². The van der Waals surface area contributed by atoms with E-state index in [2.05, 4.69) is 26.5 Å². The Balaban J connectivity index is 1.67. The third kappa shape index (κ3) is 5.68. The van der Waals surface area contributed by atoms with Gasteiger partial charge in [-0.2, -0.15) is 5.10 Å². The zero-order valence-electron chi connectivity index (χ0n) is 16.2. The molecule has 148 valence electrons. The number of nitrogens with one attached hydrogen (secondary N) is 1. The van der Waals surface area contributed by atoms with Gasteiger partial charge >= 0.3 is 0 Å². The number of carbonyl (C=O) groups excluding carboxylic acids is 1. The van der Waals surface area contributed by atoms with Gasteiger partial charge in [-0.05, 0) is 66.6 Å². The summed E-state index contributed by atoms with van der Waals surface area (Å²) in [6, 6.07) is 22.4. The van der Waals surface area contributed by atoms with Gasteiger partial charge in [0, 0.05) is 4.47 Å². The molecule has 0 atom stereocenters. The number of methoxy groups -OCH3 is 1. The number of hydrogen-bond donors (Lipinski definition) is 1.